The largest absolute Gasteiger partial charge is 0.488 e. The molecule has 1 heterocycles. The lowest BCUT2D eigenvalue weighted by atomic mass is 9.81. The molecule has 3 unspecified atom stereocenters. The summed E-state index contributed by atoms with van der Waals surface area (Å²) in [4.78, 5) is 11.6. The van der Waals surface area contributed by atoms with Crippen molar-refractivity contribution in [1.82, 2.24) is 0 Å². The Kier molecular flexibility index (Phi) is 4.50. The van der Waals surface area contributed by atoms with Crippen molar-refractivity contribution < 1.29 is 14.6 Å². The predicted octanol–water partition coefficient (Wildman–Crippen LogP) is 5.22. The standard InChI is InChI=1S/C19H18Cl2O3/c1-9-5-4-6-13-16(15-10(2)7-12(20)8-14(15)21)18(24-17(9)13)11(3)19(22)23/h4-8,11,16,18H,1-3H3,(H,22,23). The van der Waals surface area contributed by atoms with E-state index in [1.165, 1.54) is 0 Å². The lowest BCUT2D eigenvalue weighted by Crippen LogP contribution is -2.33. The zero-order valence-corrected chi connectivity index (χ0v) is 15.2. The molecule has 3 atom stereocenters. The molecule has 0 spiro atoms. The Hall–Kier alpha value is -1.71. The van der Waals surface area contributed by atoms with Gasteiger partial charge < -0.3 is 9.84 Å². The molecule has 0 saturated carbocycles. The average Bonchev–Trinajstić information content (AvgIpc) is 2.86. The Morgan fingerprint density at radius 3 is 2.54 bits per heavy atom. The summed E-state index contributed by atoms with van der Waals surface area (Å²) in [6.07, 6.45) is -0.518. The number of carbonyl (C=O) groups is 1. The summed E-state index contributed by atoms with van der Waals surface area (Å²) in [5.41, 5.74) is 3.77. The van der Waals surface area contributed by atoms with Gasteiger partial charge in [0.25, 0.3) is 0 Å². The molecule has 0 amide bonds. The zero-order chi connectivity index (χ0) is 17.6. The smallest absolute Gasteiger partial charge is 0.310 e. The van der Waals surface area contributed by atoms with Gasteiger partial charge >= 0.3 is 5.97 Å². The van der Waals surface area contributed by atoms with E-state index in [0.29, 0.717) is 10.0 Å². The lowest BCUT2D eigenvalue weighted by molar-refractivity contribution is -0.144. The maximum atomic E-state index is 11.6. The minimum Gasteiger partial charge on any atom is -0.488 e. The number of rotatable bonds is 3. The fourth-order valence-corrected chi connectivity index (χ4v) is 4.13. The summed E-state index contributed by atoms with van der Waals surface area (Å²) < 4.78 is 6.10. The number of aryl methyl sites for hydroxylation is 2. The summed E-state index contributed by atoms with van der Waals surface area (Å²) in [6.45, 7) is 5.56. The molecular weight excluding hydrogens is 347 g/mol. The SMILES string of the molecule is Cc1cccc2c1OC(C(C)C(=O)O)C2c1c(C)cc(Cl)cc1Cl. The van der Waals surface area contributed by atoms with Gasteiger partial charge in [-0.1, -0.05) is 41.4 Å². The number of ether oxygens (including phenoxy) is 1. The molecule has 0 radical (unpaired) electrons. The molecule has 0 aromatic heterocycles. The topological polar surface area (TPSA) is 46.5 Å². The second kappa shape index (κ2) is 6.30. The molecule has 1 aliphatic heterocycles. The summed E-state index contributed by atoms with van der Waals surface area (Å²) in [7, 11) is 0. The molecule has 1 N–H and O–H groups in total. The van der Waals surface area contributed by atoms with Crippen molar-refractivity contribution in [2.75, 3.05) is 0 Å². The van der Waals surface area contributed by atoms with E-state index in [4.69, 9.17) is 27.9 Å². The normalized spacial score (nSPS) is 20.4. The number of carboxylic acid groups (broad SMARTS) is 1. The second-order valence-corrected chi connectivity index (χ2v) is 7.14. The molecule has 126 valence electrons. The van der Waals surface area contributed by atoms with Gasteiger partial charge in [-0.25, -0.2) is 0 Å². The summed E-state index contributed by atoms with van der Waals surface area (Å²) >= 11 is 12.6. The average molecular weight is 365 g/mol. The summed E-state index contributed by atoms with van der Waals surface area (Å²) in [5.74, 6) is -1.05. The Bertz CT molecular complexity index is 793. The molecule has 0 bridgehead atoms. The van der Waals surface area contributed by atoms with Crippen LogP contribution < -0.4 is 4.74 Å². The van der Waals surface area contributed by atoms with Gasteiger partial charge in [0.15, 0.2) is 0 Å². The summed E-state index contributed by atoms with van der Waals surface area (Å²) in [6, 6.07) is 9.43. The third kappa shape index (κ3) is 2.76. The van der Waals surface area contributed by atoms with Crippen molar-refractivity contribution in [2.24, 2.45) is 5.92 Å². The van der Waals surface area contributed by atoms with Crippen LogP contribution in [-0.4, -0.2) is 17.2 Å². The van der Waals surface area contributed by atoms with Crippen molar-refractivity contribution in [3.63, 3.8) is 0 Å². The van der Waals surface area contributed by atoms with E-state index < -0.39 is 18.0 Å². The van der Waals surface area contributed by atoms with Crippen LogP contribution in [0.5, 0.6) is 5.75 Å². The van der Waals surface area contributed by atoms with Crippen LogP contribution in [0.2, 0.25) is 10.0 Å². The minimum absolute atomic E-state index is 0.240. The highest BCUT2D eigenvalue weighted by Crippen LogP contribution is 2.49. The van der Waals surface area contributed by atoms with Crippen LogP contribution in [-0.2, 0) is 4.79 Å². The molecule has 0 aliphatic carbocycles. The van der Waals surface area contributed by atoms with E-state index in [0.717, 1.165) is 28.0 Å². The van der Waals surface area contributed by atoms with Gasteiger partial charge in [-0.2, -0.15) is 0 Å². The number of hydrogen-bond acceptors (Lipinski definition) is 2. The van der Waals surface area contributed by atoms with E-state index in [1.807, 2.05) is 38.1 Å². The Morgan fingerprint density at radius 2 is 1.92 bits per heavy atom. The summed E-state index contributed by atoms with van der Waals surface area (Å²) in [5, 5.41) is 10.6. The van der Waals surface area contributed by atoms with Crippen LogP contribution in [0, 0.1) is 19.8 Å². The number of carboxylic acids is 1. The molecule has 2 aromatic rings. The van der Waals surface area contributed by atoms with Crippen molar-refractivity contribution >= 4 is 29.2 Å². The minimum atomic E-state index is -0.891. The second-order valence-electron chi connectivity index (χ2n) is 6.30. The van der Waals surface area contributed by atoms with Gasteiger partial charge in [-0.3, -0.25) is 4.79 Å². The highest BCUT2D eigenvalue weighted by molar-refractivity contribution is 6.35. The molecule has 24 heavy (non-hydrogen) atoms. The first-order valence-electron chi connectivity index (χ1n) is 7.75. The van der Waals surface area contributed by atoms with Crippen molar-refractivity contribution in [3.8, 4) is 5.75 Å². The molecule has 1 aliphatic rings. The van der Waals surface area contributed by atoms with Crippen LogP contribution in [0.15, 0.2) is 30.3 Å². The quantitative estimate of drug-likeness (QED) is 0.811. The maximum absolute atomic E-state index is 11.6. The molecular formula is C19H18Cl2O3. The monoisotopic (exact) mass is 364 g/mol. The third-order valence-electron chi connectivity index (χ3n) is 4.65. The van der Waals surface area contributed by atoms with Gasteiger partial charge in [0.05, 0.1) is 11.8 Å². The molecule has 5 heteroatoms. The van der Waals surface area contributed by atoms with Gasteiger partial charge in [0, 0.05) is 15.6 Å². The first-order valence-corrected chi connectivity index (χ1v) is 8.51. The number of aliphatic carboxylic acids is 1. The molecule has 3 rings (SSSR count). The molecule has 0 saturated heterocycles. The number of benzene rings is 2. The van der Waals surface area contributed by atoms with Gasteiger partial charge in [-0.05, 0) is 49.6 Å². The lowest BCUT2D eigenvalue weighted by Gasteiger charge is -2.25. The van der Waals surface area contributed by atoms with Crippen LogP contribution in [0.1, 0.15) is 35.1 Å². The molecule has 2 aromatic carbocycles. The van der Waals surface area contributed by atoms with Crippen molar-refractivity contribution in [2.45, 2.75) is 32.8 Å². The number of halogens is 2. The van der Waals surface area contributed by atoms with Crippen molar-refractivity contribution in [3.05, 3.63) is 62.6 Å². The first-order chi connectivity index (χ1) is 11.3. The van der Waals surface area contributed by atoms with Crippen LogP contribution in [0.3, 0.4) is 0 Å². The first kappa shape index (κ1) is 17.1. The molecule has 0 fully saturated rings. The number of fused-ring (bicyclic) bond motifs is 1. The Morgan fingerprint density at radius 1 is 1.21 bits per heavy atom. The van der Waals surface area contributed by atoms with E-state index in [2.05, 4.69) is 0 Å². The molecule has 3 nitrogen and oxygen atoms in total. The number of para-hydroxylation sites is 1. The van der Waals surface area contributed by atoms with Gasteiger partial charge in [0.1, 0.15) is 11.9 Å². The van der Waals surface area contributed by atoms with E-state index in [-0.39, 0.29) is 5.92 Å². The highest BCUT2D eigenvalue weighted by atomic mass is 35.5. The van der Waals surface area contributed by atoms with Crippen LogP contribution in [0.25, 0.3) is 0 Å². The van der Waals surface area contributed by atoms with E-state index >= 15 is 0 Å². The van der Waals surface area contributed by atoms with Gasteiger partial charge in [-0.15, -0.1) is 0 Å². The van der Waals surface area contributed by atoms with Gasteiger partial charge in [0.2, 0.25) is 0 Å². The third-order valence-corrected chi connectivity index (χ3v) is 5.19. The fraction of sp³-hybridized carbons (Fsp3) is 0.316. The fourth-order valence-electron chi connectivity index (χ4n) is 3.42. The Labute approximate surface area is 151 Å². The Balaban J connectivity index is 2.22. The van der Waals surface area contributed by atoms with Crippen molar-refractivity contribution in [1.29, 1.82) is 0 Å². The predicted molar refractivity (Wildman–Crippen MR) is 95.4 cm³/mol. The van der Waals surface area contributed by atoms with E-state index in [1.54, 1.807) is 13.0 Å². The highest BCUT2D eigenvalue weighted by Gasteiger charge is 2.43. The van der Waals surface area contributed by atoms with Crippen LogP contribution >= 0.6 is 23.2 Å². The van der Waals surface area contributed by atoms with E-state index in [9.17, 15) is 9.90 Å². The number of hydrogen-bond donors (Lipinski definition) is 1. The van der Waals surface area contributed by atoms with Crippen LogP contribution in [0.4, 0.5) is 0 Å². The maximum Gasteiger partial charge on any atom is 0.310 e. The zero-order valence-electron chi connectivity index (χ0n) is 13.6.